The van der Waals surface area contributed by atoms with Crippen molar-refractivity contribution < 1.29 is 4.39 Å². The minimum Gasteiger partial charge on any atom is -0.310 e. The Hall–Kier alpha value is -1.53. The molecule has 17 heavy (non-hydrogen) atoms. The van der Waals surface area contributed by atoms with Crippen LogP contribution in [-0.2, 0) is 6.54 Å². The fourth-order valence-electron chi connectivity index (χ4n) is 1.39. The zero-order valence-electron chi connectivity index (χ0n) is 9.19. The molecule has 2 rings (SSSR count). The molecule has 1 N–H and O–H groups in total. The zero-order chi connectivity index (χ0) is 12.3. The molecule has 0 saturated heterocycles. The Morgan fingerprint density at radius 1 is 1.47 bits per heavy atom. The van der Waals surface area contributed by atoms with Gasteiger partial charge in [0.25, 0.3) is 0 Å². The predicted octanol–water partition coefficient (Wildman–Crippen LogP) is 1.56. The summed E-state index contributed by atoms with van der Waals surface area (Å²) in [5.74, 6) is 0.118. The van der Waals surface area contributed by atoms with Crippen molar-refractivity contribution in [3.63, 3.8) is 0 Å². The maximum absolute atomic E-state index is 13.6. The van der Waals surface area contributed by atoms with Crippen LogP contribution in [0.3, 0.4) is 0 Å². The lowest BCUT2D eigenvalue weighted by atomic mass is 10.3. The van der Waals surface area contributed by atoms with Crippen LogP contribution in [0.25, 0.3) is 5.69 Å². The number of nitrogens with one attached hydrogen (secondary N) is 1. The molecule has 1 aromatic carbocycles. The highest BCUT2D eigenvalue weighted by molar-refractivity contribution is 6.30. The molecule has 0 spiro atoms. The highest BCUT2D eigenvalue weighted by Gasteiger charge is 2.12. The van der Waals surface area contributed by atoms with Crippen molar-refractivity contribution in [3.05, 3.63) is 34.9 Å². The number of nitrogens with zero attached hydrogens (tertiary/aromatic N) is 4. The SMILES string of the molecule is CCNCc1nnnn1-c1cc(Cl)ccc1F. The summed E-state index contributed by atoms with van der Waals surface area (Å²) in [5, 5.41) is 14.6. The summed E-state index contributed by atoms with van der Waals surface area (Å²) < 4.78 is 15.0. The average Bonchev–Trinajstić information content (AvgIpc) is 2.77. The van der Waals surface area contributed by atoms with Gasteiger partial charge in [-0.2, -0.15) is 4.68 Å². The number of aromatic nitrogens is 4. The molecule has 7 heteroatoms. The molecule has 2 aromatic rings. The average molecular weight is 256 g/mol. The van der Waals surface area contributed by atoms with Crippen molar-refractivity contribution >= 4 is 11.6 Å². The quantitative estimate of drug-likeness (QED) is 0.901. The maximum atomic E-state index is 13.6. The first-order valence-corrected chi connectivity index (χ1v) is 5.53. The van der Waals surface area contributed by atoms with Crippen molar-refractivity contribution in [2.75, 3.05) is 6.54 Å². The van der Waals surface area contributed by atoms with Crippen LogP contribution in [0.5, 0.6) is 0 Å². The Morgan fingerprint density at radius 3 is 3.06 bits per heavy atom. The van der Waals surface area contributed by atoms with Gasteiger partial charge < -0.3 is 5.32 Å². The molecule has 0 bridgehead atoms. The van der Waals surface area contributed by atoms with Crippen molar-refractivity contribution in [2.45, 2.75) is 13.5 Å². The molecule has 0 radical (unpaired) electrons. The third-order valence-electron chi connectivity index (χ3n) is 2.20. The normalized spacial score (nSPS) is 10.8. The third kappa shape index (κ3) is 2.59. The molecule has 0 atom stereocenters. The van der Waals surface area contributed by atoms with Crippen LogP contribution < -0.4 is 5.32 Å². The molecule has 0 unspecified atom stereocenters. The van der Waals surface area contributed by atoms with E-state index in [1.165, 1.54) is 22.9 Å². The van der Waals surface area contributed by atoms with Crippen LogP contribution >= 0.6 is 11.6 Å². The largest absolute Gasteiger partial charge is 0.310 e. The fraction of sp³-hybridized carbons (Fsp3) is 0.300. The molecular formula is C10H11ClFN5. The second-order valence-electron chi connectivity index (χ2n) is 3.38. The Bertz CT molecular complexity index is 513. The summed E-state index contributed by atoms with van der Waals surface area (Å²) >= 11 is 5.83. The van der Waals surface area contributed by atoms with Crippen molar-refractivity contribution in [1.29, 1.82) is 0 Å². The van der Waals surface area contributed by atoms with E-state index in [0.29, 0.717) is 17.4 Å². The second-order valence-corrected chi connectivity index (χ2v) is 3.82. The van der Waals surface area contributed by atoms with E-state index in [4.69, 9.17) is 11.6 Å². The van der Waals surface area contributed by atoms with Crippen LogP contribution in [0.2, 0.25) is 5.02 Å². The third-order valence-corrected chi connectivity index (χ3v) is 2.44. The monoisotopic (exact) mass is 255 g/mol. The summed E-state index contributed by atoms with van der Waals surface area (Å²) in [4.78, 5) is 0. The molecule has 0 amide bonds. The molecule has 1 heterocycles. The van der Waals surface area contributed by atoms with E-state index in [1.54, 1.807) is 0 Å². The van der Waals surface area contributed by atoms with Crippen LogP contribution in [0, 0.1) is 5.82 Å². The molecule has 0 fully saturated rings. The minimum atomic E-state index is -0.417. The van der Waals surface area contributed by atoms with Crippen LogP contribution in [0.15, 0.2) is 18.2 Å². The summed E-state index contributed by atoms with van der Waals surface area (Å²) in [7, 11) is 0. The molecule has 0 aliphatic carbocycles. The first-order valence-electron chi connectivity index (χ1n) is 5.15. The van der Waals surface area contributed by atoms with Gasteiger partial charge in [0.15, 0.2) is 5.82 Å². The minimum absolute atomic E-state index is 0.246. The topological polar surface area (TPSA) is 55.6 Å². The summed E-state index contributed by atoms with van der Waals surface area (Å²) in [6.45, 7) is 3.22. The highest BCUT2D eigenvalue weighted by atomic mass is 35.5. The number of hydrogen-bond acceptors (Lipinski definition) is 4. The second kappa shape index (κ2) is 5.20. The molecule has 90 valence electrons. The highest BCUT2D eigenvalue weighted by Crippen LogP contribution is 2.18. The Kier molecular flexibility index (Phi) is 3.65. The van der Waals surface area contributed by atoms with Gasteiger partial charge in [0.2, 0.25) is 0 Å². The van der Waals surface area contributed by atoms with Gasteiger partial charge in [-0.3, -0.25) is 0 Å². The molecule has 1 aromatic heterocycles. The van der Waals surface area contributed by atoms with E-state index < -0.39 is 5.82 Å². The van der Waals surface area contributed by atoms with E-state index in [1.807, 2.05) is 6.92 Å². The van der Waals surface area contributed by atoms with Gasteiger partial charge in [-0.25, -0.2) is 4.39 Å². The Morgan fingerprint density at radius 2 is 2.29 bits per heavy atom. The van der Waals surface area contributed by atoms with Gasteiger partial charge in [-0.15, -0.1) is 5.10 Å². The molecular weight excluding hydrogens is 245 g/mol. The van der Waals surface area contributed by atoms with Crippen molar-refractivity contribution in [2.24, 2.45) is 0 Å². The number of hydrogen-bond donors (Lipinski definition) is 1. The van der Waals surface area contributed by atoms with Crippen molar-refractivity contribution in [3.8, 4) is 5.69 Å². The van der Waals surface area contributed by atoms with E-state index in [0.717, 1.165) is 6.54 Å². The van der Waals surface area contributed by atoms with Crippen LogP contribution in [0.4, 0.5) is 4.39 Å². The number of halogens is 2. The van der Waals surface area contributed by atoms with E-state index in [-0.39, 0.29) is 5.69 Å². The molecule has 0 aliphatic rings. The lowest BCUT2D eigenvalue weighted by molar-refractivity contribution is 0.595. The summed E-state index contributed by atoms with van der Waals surface area (Å²) in [6, 6.07) is 4.26. The van der Waals surface area contributed by atoms with Gasteiger partial charge >= 0.3 is 0 Å². The number of rotatable bonds is 4. The van der Waals surface area contributed by atoms with E-state index >= 15 is 0 Å². The van der Waals surface area contributed by atoms with Gasteiger partial charge in [0.1, 0.15) is 11.5 Å². The van der Waals surface area contributed by atoms with Gasteiger partial charge in [0.05, 0.1) is 6.54 Å². The van der Waals surface area contributed by atoms with E-state index in [9.17, 15) is 4.39 Å². The lowest BCUT2D eigenvalue weighted by Crippen LogP contribution is -2.16. The first kappa shape index (κ1) is 11.9. The Labute approximate surface area is 103 Å². The fourth-order valence-corrected chi connectivity index (χ4v) is 1.55. The molecule has 0 aliphatic heterocycles. The summed E-state index contributed by atoms with van der Waals surface area (Å²) in [6.07, 6.45) is 0. The molecule has 5 nitrogen and oxygen atoms in total. The lowest BCUT2D eigenvalue weighted by Gasteiger charge is -2.06. The van der Waals surface area contributed by atoms with Gasteiger partial charge in [-0.1, -0.05) is 18.5 Å². The maximum Gasteiger partial charge on any atom is 0.170 e. The Balaban J connectivity index is 2.38. The number of tetrazole rings is 1. The van der Waals surface area contributed by atoms with Crippen molar-refractivity contribution in [1.82, 2.24) is 25.5 Å². The molecule has 0 saturated carbocycles. The number of benzene rings is 1. The van der Waals surface area contributed by atoms with Gasteiger partial charge in [-0.05, 0) is 35.2 Å². The first-order chi connectivity index (χ1) is 8.22. The van der Waals surface area contributed by atoms with Gasteiger partial charge in [0, 0.05) is 5.02 Å². The van der Waals surface area contributed by atoms with E-state index in [2.05, 4.69) is 20.8 Å². The smallest absolute Gasteiger partial charge is 0.170 e. The standard InChI is InChI=1S/C10H11ClFN5/c1-2-13-6-10-14-15-16-17(10)9-5-7(11)3-4-8(9)12/h3-5,13H,2,6H2,1H3. The summed E-state index contributed by atoms with van der Waals surface area (Å²) in [5.41, 5.74) is 0.246. The van der Waals surface area contributed by atoms with Crippen LogP contribution in [0.1, 0.15) is 12.7 Å². The predicted molar refractivity (Wildman–Crippen MR) is 61.5 cm³/mol. The van der Waals surface area contributed by atoms with Crippen LogP contribution in [-0.4, -0.2) is 26.8 Å². The zero-order valence-corrected chi connectivity index (χ0v) is 9.95.